The predicted octanol–water partition coefficient (Wildman–Crippen LogP) is 2.98. The molecule has 0 aliphatic carbocycles. The molecule has 0 spiro atoms. The number of aryl methyl sites for hydroxylation is 1. The van der Waals surface area contributed by atoms with Gasteiger partial charge in [-0.05, 0) is 30.5 Å². The number of halogens is 1. The fourth-order valence-corrected chi connectivity index (χ4v) is 3.20. The Morgan fingerprint density at radius 2 is 2.33 bits per heavy atom. The lowest BCUT2D eigenvalue weighted by Gasteiger charge is -2.15. The van der Waals surface area contributed by atoms with E-state index in [-0.39, 0.29) is 12.4 Å². The molecule has 1 atom stereocenters. The minimum Gasteiger partial charge on any atom is -0.255 e. The molecule has 0 saturated carbocycles. The van der Waals surface area contributed by atoms with Gasteiger partial charge in [-0.3, -0.25) is 5.43 Å². The Bertz CT molecular complexity index is 540. The molecule has 0 radical (unpaired) electrons. The van der Waals surface area contributed by atoms with Crippen LogP contribution in [0.4, 0.5) is 0 Å². The summed E-state index contributed by atoms with van der Waals surface area (Å²) < 4.78 is 1.30. The normalized spacial score (nSPS) is 20.2. The Morgan fingerprint density at radius 3 is 3.06 bits per heavy atom. The highest BCUT2D eigenvalue weighted by Gasteiger charge is 2.17. The van der Waals surface area contributed by atoms with Gasteiger partial charge in [0.25, 0.3) is 0 Å². The van der Waals surface area contributed by atoms with Crippen LogP contribution in [0.3, 0.4) is 0 Å². The van der Waals surface area contributed by atoms with E-state index in [0.717, 1.165) is 36.1 Å². The van der Waals surface area contributed by atoms with Gasteiger partial charge in [0.15, 0.2) is 0 Å². The zero-order chi connectivity index (χ0) is 11.8. The molecule has 2 heterocycles. The third-order valence-electron chi connectivity index (χ3n) is 3.13. The fraction of sp³-hybridized carbons (Fsp3) is 0.462. The zero-order valence-electron chi connectivity index (χ0n) is 10.6. The van der Waals surface area contributed by atoms with Crippen molar-refractivity contribution in [1.82, 2.24) is 15.4 Å². The lowest BCUT2D eigenvalue weighted by molar-refractivity contribution is 0.240. The van der Waals surface area contributed by atoms with Gasteiger partial charge in [-0.15, -0.1) is 23.7 Å². The first-order chi connectivity index (χ1) is 8.20. The highest BCUT2D eigenvalue weighted by molar-refractivity contribution is 7.18. The molecule has 5 heteroatoms. The Labute approximate surface area is 118 Å². The van der Waals surface area contributed by atoms with Crippen molar-refractivity contribution in [2.75, 3.05) is 13.1 Å². The molecule has 1 saturated heterocycles. The molecule has 1 aliphatic rings. The van der Waals surface area contributed by atoms with Crippen LogP contribution in [-0.2, 0) is 6.54 Å². The maximum atomic E-state index is 4.49. The van der Waals surface area contributed by atoms with Crippen LogP contribution >= 0.6 is 23.7 Å². The smallest absolute Gasteiger partial charge is 0.0907 e. The van der Waals surface area contributed by atoms with Gasteiger partial charge >= 0.3 is 0 Å². The van der Waals surface area contributed by atoms with Gasteiger partial charge in [-0.25, -0.2) is 9.99 Å². The van der Waals surface area contributed by atoms with Gasteiger partial charge in [-0.1, -0.05) is 13.0 Å². The molecular weight excluding hydrogens is 266 g/mol. The molecular formula is C13H18ClN3S. The van der Waals surface area contributed by atoms with E-state index in [0.29, 0.717) is 0 Å². The van der Waals surface area contributed by atoms with Crippen LogP contribution in [0.25, 0.3) is 10.2 Å². The van der Waals surface area contributed by atoms with Gasteiger partial charge in [0.1, 0.15) is 0 Å². The summed E-state index contributed by atoms with van der Waals surface area (Å²) in [5.74, 6) is 0.754. The largest absolute Gasteiger partial charge is 0.255 e. The van der Waals surface area contributed by atoms with E-state index < -0.39 is 0 Å². The highest BCUT2D eigenvalue weighted by Crippen LogP contribution is 2.23. The number of thiazole rings is 1. The average molecular weight is 284 g/mol. The van der Waals surface area contributed by atoms with Crippen LogP contribution in [0, 0.1) is 12.8 Å². The van der Waals surface area contributed by atoms with E-state index in [4.69, 9.17) is 0 Å². The van der Waals surface area contributed by atoms with Crippen LogP contribution in [0.5, 0.6) is 0 Å². The number of nitrogens with one attached hydrogen (secondary N) is 1. The van der Waals surface area contributed by atoms with Gasteiger partial charge in [0, 0.05) is 19.6 Å². The van der Waals surface area contributed by atoms with Crippen molar-refractivity contribution in [2.24, 2.45) is 5.92 Å². The van der Waals surface area contributed by atoms with Crippen molar-refractivity contribution in [3.63, 3.8) is 0 Å². The Balaban J connectivity index is 0.00000120. The number of hydrazine groups is 1. The first-order valence-corrected chi connectivity index (χ1v) is 6.87. The third-order valence-corrected chi connectivity index (χ3v) is 4.06. The summed E-state index contributed by atoms with van der Waals surface area (Å²) in [6.07, 6.45) is 0. The topological polar surface area (TPSA) is 28.2 Å². The molecule has 1 N–H and O–H groups in total. The summed E-state index contributed by atoms with van der Waals surface area (Å²) in [6.45, 7) is 7.57. The van der Waals surface area contributed by atoms with E-state index in [2.05, 4.69) is 47.5 Å². The van der Waals surface area contributed by atoms with Gasteiger partial charge in [0.05, 0.1) is 15.2 Å². The number of hydrogen-bond donors (Lipinski definition) is 1. The Kier molecular flexibility index (Phi) is 4.22. The van der Waals surface area contributed by atoms with Gasteiger partial charge < -0.3 is 0 Å². The van der Waals surface area contributed by atoms with Crippen molar-refractivity contribution in [3.05, 3.63) is 28.8 Å². The molecule has 0 amide bonds. The molecule has 1 aliphatic heterocycles. The molecule has 3 nitrogen and oxygen atoms in total. The number of nitrogens with zero attached hydrogens (tertiary/aromatic N) is 2. The zero-order valence-corrected chi connectivity index (χ0v) is 12.3. The number of fused-ring (bicyclic) bond motifs is 1. The van der Waals surface area contributed by atoms with Crippen LogP contribution in [0.15, 0.2) is 18.2 Å². The van der Waals surface area contributed by atoms with Gasteiger partial charge in [0.2, 0.25) is 0 Å². The average Bonchev–Trinajstić information content (AvgIpc) is 2.83. The van der Waals surface area contributed by atoms with Crippen molar-refractivity contribution in [2.45, 2.75) is 20.4 Å². The standard InChI is InChI=1S/C13H17N3S.ClH/c1-9-6-14-16(7-9)8-11-3-4-12-13(5-11)17-10(2)15-12;/h3-5,9,14H,6-8H2,1-2H3;1H/t9-;/m0./s1. The first-order valence-electron chi connectivity index (χ1n) is 6.05. The second-order valence-electron chi connectivity index (χ2n) is 4.88. The molecule has 3 rings (SSSR count). The SMILES string of the molecule is Cc1nc2ccc(CN3C[C@@H](C)CN3)cc2s1.Cl. The highest BCUT2D eigenvalue weighted by atomic mass is 35.5. The summed E-state index contributed by atoms with van der Waals surface area (Å²) in [6, 6.07) is 6.59. The van der Waals surface area contributed by atoms with Crippen LogP contribution in [0.1, 0.15) is 17.5 Å². The summed E-state index contributed by atoms with van der Waals surface area (Å²) in [7, 11) is 0. The number of hydrogen-bond acceptors (Lipinski definition) is 4. The molecule has 2 aromatic rings. The second kappa shape index (κ2) is 5.53. The first kappa shape index (κ1) is 13.7. The number of benzene rings is 1. The van der Waals surface area contributed by atoms with Crippen LogP contribution in [0.2, 0.25) is 0 Å². The number of aromatic nitrogens is 1. The van der Waals surface area contributed by atoms with Crippen molar-refractivity contribution < 1.29 is 0 Å². The summed E-state index contributed by atoms with van der Waals surface area (Å²) >= 11 is 1.77. The van der Waals surface area contributed by atoms with E-state index in [1.807, 2.05) is 0 Å². The molecule has 98 valence electrons. The minimum absolute atomic E-state index is 0. The summed E-state index contributed by atoms with van der Waals surface area (Å²) in [5.41, 5.74) is 5.92. The molecule has 1 aromatic carbocycles. The molecule has 1 aromatic heterocycles. The molecule has 1 fully saturated rings. The molecule has 0 unspecified atom stereocenters. The lowest BCUT2D eigenvalue weighted by atomic mass is 10.2. The maximum absolute atomic E-state index is 4.49. The predicted molar refractivity (Wildman–Crippen MR) is 79.2 cm³/mol. The van der Waals surface area contributed by atoms with Crippen molar-refractivity contribution in [1.29, 1.82) is 0 Å². The lowest BCUT2D eigenvalue weighted by Crippen LogP contribution is -2.29. The minimum atomic E-state index is 0. The van der Waals surface area contributed by atoms with Gasteiger partial charge in [-0.2, -0.15) is 0 Å². The van der Waals surface area contributed by atoms with E-state index in [1.165, 1.54) is 10.3 Å². The Hall–Kier alpha value is -0.680. The number of rotatable bonds is 2. The monoisotopic (exact) mass is 283 g/mol. The van der Waals surface area contributed by atoms with E-state index in [9.17, 15) is 0 Å². The van der Waals surface area contributed by atoms with Crippen molar-refractivity contribution in [3.8, 4) is 0 Å². The van der Waals surface area contributed by atoms with Crippen LogP contribution in [-0.4, -0.2) is 23.1 Å². The molecule has 0 bridgehead atoms. The fourth-order valence-electron chi connectivity index (χ4n) is 2.31. The van der Waals surface area contributed by atoms with E-state index >= 15 is 0 Å². The Morgan fingerprint density at radius 1 is 1.50 bits per heavy atom. The summed E-state index contributed by atoms with van der Waals surface area (Å²) in [4.78, 5) is 4.49. The third kappa shape index (κ3) is 2.83. The summed E-state index contributed by atoms with van der Waals surface area (Å²) in [5, 5.41) is 3.45. The van der Waals surface area contributed by atoms with E-state index in [1.54, 1.807) is 11.3 Å². The second-order valence-corrected chi connectivity index (χ2v) is 6.12. The molecule has 18 heavy (non-hydrogen) atoms. The quantitative estimate of drug-likeness (QED) is 0.918. The maximum Gasteiger partial charge on any atom is 0.0907 e. The van der Waals surface area contributed by atoms with Crippen LogP contribution < -0.4 is 5.43 Å². The van der Waals surface area contributed by atoms with Crippen molar-refractivity contribution >= 4 is 34.0 Å².